The van der Waals surface area contributed by atoms with Crippen LogP contribution in [0.25, 0.3) is 0 Å². The fourth-order valence-corrected chi connectivity index (χ4v) is 3.62. The van der Waals surface area contributed by atoms with Crippen LogP contribution >= 0.6 is 11.8 Å². The Labute approximate surface area is 150 Å². The first kappa shape index (κ1) is 16.4. The summed E-state index contributed by atoms with van der Waals surface area (Å²) >= 11 is 1.51. The van der Waals surface area contributed by atoms with Crippen molar-refractivity contribution in [1.82, 2.24) is 15.5 Å². The van der Waals surface area contributed by atoms with Crippen LogP contribution in [0.2, 0.25) is 0 Å². The maximum atomic E-state index is 12.5. The number of amides is 1. The zero-order chi connectivity index (χ0) is 17.2. The highest BCUT2D eigenvalue weighted by atomic mass is 32.2. The van der Waals surface area contributed by atoms with Crippen LogP contribution in [0.5, 0.6) is 5.75 Å². The lowest BCUT2D eigenvalue weighted by Crippen LogP contribution is -2.36. The highest BCUT2D eigenvalue weighted by Crippen LogP contribution is 2.38. The molecule has 2 aliphatic rings. The van der Waals surface area contributed by atoms with Crippen molar-refractivity contribution >= 4 is 17.7 Å². The number of ether oxygens (including phenoxy) is 1. The highest BCUT2D eigenvalue weighted by molar-refractivity contribution is 7.99. The second-order valence-corrected chi connectivity index (χ2v) is 7.84. The molecule has 0 radical (unpaired) electrons. The molecule has 1 saturated carbocycles. The number of rotatable bonds is 6. The lowest BCUT2D eigenvalue weighted by molar-refractivity contribution is -0.121. The molecular weight excluding hydrogens is 338 g/mol. The van der Waals surface area contributed by atoms with Crippen molar-refractivity contribution in [1.29, 1.82) is 0 Å². The molecular formula is C18H21N3O3S. The summed E-state index contributed by atoms with van der Waals surface area (Å²) in [6, 6.07) is 7.87. The number of nitrogens with one attached hydrogen (secondary N) is 1. The van der Waals surface area contributed by atoms with Gasteiger partial charge in [0.2, 0.25) is 11.8 Å². The van der Waals surface area contributed by atoms with Gasteiger partial charge in [0, 0.05) is 17.9 Å². The summed E-state index contributed by atoms with van der Waals surface area (Å²) in [5, 5.41) is 6.96. The van der Waals surface area contributed by atoms with Crippen LogP contribution in [-0.4, -0.2) is 27.9 Å². The van der Waals surface area contributed by atoms with E-state index in [1.165, 1.54) is 11.8 Å². The molecule has 1 aromatic carbocycles. The Morgan fingerprint density at radius 3 is 3.04 bits per heavy atom. The lowest BCUT2D eigenvalue weighted by atomic mass is 10.0. The third-order valence-electron chi connectivity index (χ3n) is 4.53. The Kier molecular flexibility index (Phi) is 4.65. The largest absolute Gasteiger partial charge is 0.493 e. The molecule has 0 spiro atoms. The first-order valence-electron chi connectivity index (χ1n) is 8.67. The third-order valence-corrected chi connectivity index (χ3v) is 5.66. The molecule has 1 aliphatic heterocycles. The molecule has 0 unspecified atom stereocenters. The number of benzene rings is 1. The van der Waals surface area contributed by atoms with Gasteiger partial charge in [0.25, 0.3) is 0 Å². The predicted octanol–water partition coefficient (Wildman–Crippen LogP) is 3.21. The molecule has 1 aromatic heterocycles. The van der Waals surface area contributed by atoms with Crippen molar-refractivity contribution in [3.8, 4) is 5.75 Å². The molecule has 1 aliphatic carbocycles. The van der Waals surface area contributed by atoms with Crippen LogP contribution in [0, 0.1) is 0 Å². The van der Waals surface area contributed by atoms with Gasteiger partial charge in [0.1, 0.15) is 5.75 Å². The smallest absolute Gasteiger partial charge is 0.236 e. The molecule has 4 rings (SSSR count). The summed E-state index contributed by atoms with van der Waals surface area (Å²) in [4.78, 5) is 16.9. The predicted molar refractivity (Wildman–Crippen MR) is 94.5 cm³/mol. The van der Waals surface area contributed by atoms with Crippen LogP contribution in [0.1, 0.15) is 55.4 Å². The van der Waals surface area contributed by atoms with Crippen molar-refractivity contribution < 1.29 is 14.1 Å². The summed E-state index contributed by atoms with van der Waals surface area (Å²) in [5.74, 6) is 3.33. The van der Waals surface area contributed by atoms with Gasteiger partial charge in [0.05, 0.1) is 23.7 Å². The third kappa shape index (κ3) is 3.81. The van der Waals surface area contributed by atoms with E-state index in [1.54, 1.807) is 0 Å². The highest BCUT2D eigenvalue weighted by Gasteiger charge is 2.29. The second-order valence-electron chi connectivity index (χ2n) is 6.51. The minimum Gasteiger partial charge on any atom is -0.493 e. The van der Waals surface area contributed by atoms with Crippen LogP contribution in [0.15, 0.2) is 28.8 Å². The minimum atomic E-state index is -0.189. The van der Waals surface area contributed by atoms with Crippen molar-refractivity contribution in [2.45, 2.75) is 49.1 Å². The van der Waals surface area contributed by atoms with Gasteiger partial charge < -0.3 is 14.6 Å². The van der Waals surface area contributed by atoms with Gasteiger partial charge >= 0.3 is 0 Å². The van der Waals surface area contributed by atoms with Crippen LogP contribution in [0.4, 0.5) is 0 Å². The van der Waals surface area contributed by atoms with Crippen LogP contribution in [-0.2, 0) is 10.5 Å². The lowest BCUT2D eigenvalue weighted by Gasteiger charge is -2.27. The Balaban J connectivity index is 1.31. The maximum Gasteiger partial charge on any atom is 0.236 e. The molecule has 0 saturated heterocycles. The Morgan fingerprint density at radius 2 is 2.20 bits per heavy atom. The zero-order valence-corrected chi connectivity index (χ0v) is 14.9. The fraction of sp³-hybridized carbons (Fsp3) is 0.500. The molecule has 25 heavy (non-hydrogen) atoms. The second kappa shape index (κ2) is 7.07. The number of carbonyl (C=O) groups excluding carboxylic acids is 1. The summed E-state index contributed by atoms with van der Waals surface area (Å²) in [6.45, 7) is 2.53. The van der Waals surface area contributed by atoms with Gasteiger partial charge in [-0.15, -0.1) is 11.8 Å². The molecule has 1 amide bonds. The van der Waals surface area contributed by atoms with Gasteiger partial charge in [-0.2, -0.15) is 4.98 Å². The van der Waals surface area contributed by atoms with Crippen LogP contribution in [0.3, 0.4) is 0 Å². The molecule has 6 nitrogen and oxygen atoms in total. The Bertz CT molecular complexity index is 760. The molecule has 1 N–H and O–H groups in total. The summed E-state index contributed by atoms with van der Waals surface area (Å²) in [5.41, 5.74) is 1.05. The summed E-state index contributed by atoms with van der Waals surface area (Å²) in [6.07, 6.45) is 3.09. The van der Waals surface area contributed by atoms with Gasteiger partial charge in [0.15, 0.2) is 5.82 Å². The standard InChI is InChI=1S/C18H21N3O3S/c1-11(25-10-16-20-17(21-24-16)12-6-7-12)18(22)19-14-8-9-23-15-5-3-2-4-13(14)15/h2-5,11-12,14H,6-10H2,1H3,(H,19,22)/t11-,14+/m0/s1. The number of para-hydroxylation sites is 1. The number of thioether (sulfide) groups is 1. The first-order valence-corrected chi connectivity index (χ1v) is 9.72. The number of nitrogens with zero attached hydrogens (tertiary/aromatic N) is 2. The van der Waals surface area contributed by atoms with E-state index >= 15 is 0 Å². The monoisotopic (exact) mass is 359 g/mol. The normalized spacial score (nSPS) is 20.4. The maximum absolute atomic E-state index is 12.5. The topological polar surface area (TPSA) is 77.2 Å². The van der Waals surface area contributed by atoms with E-state index < -0.39 is 0 Å². The van der Waals surface area contributed by atoms with E-state index in [-0.39, 0.29) is 17.2 Å². The average molecular weight is 359 g/mol. The quantitative estimate of drug-likeness (QED) is 0.853. The molecule has 2 heterocycles. The number of carbonyl (C=O) groups is 1. The minimum absolute atomic E-state index is 0.00498. The van der Waals surface area contributed by atoms with Gasteiger partial charge in [-0.1, -0.05) is 23.4 Å². The van der Waals surface area contributed by atoms with E-state index in [4.69, 9.17) is 9.26 Å². The Hall–Kier alpha value is -2.02. The molecule has 132 valence electrons. The van der Waals surface area contributed by atoms with E-state index in [1.807, 2.05) is 31.2 Å². The van der Waals surface area contributed by atoms with Crippen molar-refractivity contribution in [2.75, 3.05) is 6.61 Å². The number of aromatic nitrogens is 2. The summed E-state index contributed by atoms with van der Waals surface area (Å²) < 4.78 is 10.9. The molecule has 1 fully saturated rings. The number of fused-ring (bicyclic) bond motifs is 1. The molecule has 2 atom stereocenters. The molecule has 7 heteroatoms. The van der Waals surface area contributed by atoms with Gasteiger partial charge in [-0.25, -0.2) is 0 Å². The van der Waals surface area contributed by atoms with Crippen molar-refractivity contribution in [3.05, 3.63) is 41.5 Å². The Morgan fingerprint density at radius 1 is 1.36 bits per heavy atom. The molecule has 0 bridgehead atoms. The SMILES string of the molecule is C[C@H](SCc1nc(C2CC2)no1)C(=O)N[C@@H]1CCOc2ccccc21. The summed E-state index contributed by atoms with van der Waals surface area (Å²) in [7, 11) is 0. The number of hydrogen-bond acceptors (Lipinski definition) is 6. The van der Waals surface area contributed by atoms with E-state index in [0.717, 1.165) is 36.4 Å². The van der Waals surface area contributed by atoms with Crippen LogP contribution < -0.4 is 10.1 Å². The molecule has 2 aromatic rings. The van der Waals surface area contributed by atoms with Gasteiger partial charge in [-0.05, 0) is 25.8 Å². The zero-order valence-electron chi connectivity index (χ0n) is 14.1. The van der Waals surface area contributed by atoms with Crippen molar-refractivity contribution in [2.24, 2.45) is 0 Å². The van der Waals surface area contributed by atoms with Crippen molar-refractivity contribution in [3.63, 3.8) is 0 Å². The van der Waals surface area contributed by atoms with E-state index in [0.29, 0.717) is 24.2 Å². The fourth-order valence-electron chi connectivity index (χ4n) is 2.89. The van der Waals surface area contributed by atoms with E-state index in [9.17, 15) is 4.79 Å². The first-order chi connectivity index (χ1) is 12.2. The van der Waals surface area contributed by atoms with Gasteiger partial charge in [-0.3, -0.25) is 4.79 Å². The number of hydrogen-bond donors (Lipinski definition) is 1. The average Bonchev–Trinajstić information content (AvgIpc) is 3.38. The van der Waals surface area contributed by atoms with E-state index in [2.05, 4.69) is 15.5 Å².